The van der Waals surface area contributed by atoms with Gasteiger partial charge in [0.25, 0.3) is 5.56 Å². The third-order valence-electron chi connectivity index (χ3n) is 3.86. The van der Waals surface area contributed by atoms with Gasteiger partial charge in [0, 0.05) is 6.04 Å². The molecule has 0 fully saturated rings. The molecule has 26 heavy (non-hydrogen) atoms. The number of carbonyl (C=O) groups excluding carboxylic acids is 1. The Morgan fingerprint density at radius 2 is 2.00 bits per heavy atom. The van der Waals surface area contributed by atoms with Crippen LogP contribution in [0.1, 0.15) is 36.0 Å². The summed E-state index contributed by atoms with van der Waals surface area (Å²) >= 11 is 1.19. The topological polar surface area (TPSA) is 73.2 Å². The van der Waals surface area contributed by atoms with Crippen molar-refractivity contribution in [1.82, 2.24) is 9.55 Å². The van der Waals surface area contributed by atoms with Crippen LogP contribution in [0.25, 0.3) is 15.9 Å². The van der Waals surface area contributed by atoms with Gasteiger partial charge in [-0.15, -0.1) is 11.3 Å². The van der Waals surface area contributed by atoms with Gasteiger partial charge in [0.1, 0.15) is 9.71 Å². The molecule has 6 nitrogen and oxygen atoms in total. The van der Waals surface area contributed by atoms with Crippen LogP contribution in [0.3, 0.4) is 0 Å². The van der Waals surface area contributed by atoms with E-state index < -0.39 is 5.97 Å². The Labute approximate surface area is 155 Å². The molecule has 0 atom stereocenters. The minimum atomic E-state index is -0.419. The monoisotopic (exact) mass is 371 g/mol. The number of ether oxygens (including phenoxy) is 1. The second-order valence-electron chi connectivity index (χ2n) is 6.17. The quantitative estimate of drug-likeness (QED) is 0.692. The molecule has 0 spiro atoms. The summed E-state index contributed by atoms with van der Waals surface area (Å²) in [6.07, 6.45) is 0. The molecule has 0 bridgehead atoms. The van der Waals surface area contributed by atoms with Crippen LogP contribution in [-0.2, 0) is 4.74 Å². The normalized spacial score (nSPS) is 11.1. The van der Waals surface area contributed by atoms with E-state index in [1.165, 1.54) is 11.3 Å². The number of aromatic nitrogens is 2. The van der Waals surface area contributed by atoms with Crippen molar-refractivity contribution in [3.05, 3.63) is 51.1 Å². The molecule has 0 aliphatic carbocycles. The lowest BCUT2D eigenvalue weighted by atomic mass is 10.2. The van der Waals surface area contributed by atoms with Crippen LogP contribution in [0.4, 0.5) is 5.95 Å². The summed E-state index contributed by atoms with van der Waals surface area (Å²) in [7, 11) is 0. The standard InChI is InChI=1S/C19H21N3O3S/c1-5-25-18(24)15-12(4)14-16(26-15)21-19(20-11(2)3)22(17(14)23)13-9-7-6-8-10-13/h6-11H,5H2,1-4H3,(H,20,21). The predicted molar refractivity (Wildman–Crippen MR) is 105 cm³/mol. The first kappa shape index (κ1) is 18.1. The number of para-hydroxylation sites is 1. The van der Waals surface area contributed by atoms with E-state index in [-0.39, 0.29) is 18.2 Å². The van der Waals surface area contributed by atoms with Crippen molar-refractivity contribution in [3.8, 4) is 5.69 Å². The minimum Gasteiger partial charge on any atom is -0.462 e. The van der Waals surface area contributed by atoms with Gasteiger partial charge in [0.2, 0.25) is 5.95 Å². The van der Waals surface area contributed by atoms with Crippen molar-refractivity contribution < 1.29 is 9.53 Å². The van der Waals surface area contributed by atoms with E-state index in [2.05, 4.69) is 10.3 Å². The number of thiophene rings is 1. The molecule has 2 aromatic heterocycles. The summed E-state index contributed by atoms with van der Waals surface area (Å²) in [6, 6.07) is 9.44. The molecule has 3 aromatic rings. The zero-order valence-electron chi connectivity index (χ0n) is 15.2. The van der Waals surface area contributed by atoms with Gasteiger partial charge in [0.15, 0.2) is 0 Å². The van der Waals surface area contributed by atoms with E-state index >= 15 is 0 Å². The van der Waals surface area contributed by atoms with Gasteiger partial charge < -0.3 is 10.1 Å². The molecule has 0 unspecified atom stereocenters. The van der Waals surface area contributed by atoms with E-state index in [4.69, 9.17) is 4.74 Å². The number of nitrogens with zero attached hydrogens (tertiary/aromatic N) is 2. The van der Waals surface area contributed by atoms with Gasteiger partial charge in [-0.05, 0) is 45.4 Å². The molecule has 0 saturated heterocycles. The third kappa shape index (κ3) is 3.22. The van der Waals surface area contributed by atoms with Gasteiger partial charge in [-0.3, -0.25) is 4.79 Å². The fourth-order valence-corrected chi connectivity index (χ4v) is 3.81. The minimum absolute atomic E-state index is 0.0971. The molecule has 3 rings (SSSR count). The first-order chi connectivity index (χ1) is 12.4. The first-order valence-corrected chi connectivity index (χ1v) is 9.30. The van der Waals surface area contributed by atoms with Crippen molar-refractivity contribution in [2.75, 3.05) is 11.9 Å². The summed E-state index contributed by atoms with van der Waals surface area (Å²) in [5.41, 5.74) is 1.13. The van der Waals surface area contributed by atoms with E-state index in [1.54, 1.807) is 18.4 Å². The van der Waals surface area contributed by atoms with Gasteiger partial charge >= 0.3 is 5.97 Å². The van der Waals surface area contributed by atoms with Crippen molar-refractivity contribution in [3.63, 3.8) is 0 Å². The van der Waals surface area contributed by atoms with E-state index in [0.717, 1.165) is 5.69 Å². The molecule has 2 heterocycles. The molecule has 1 N–H and O–H groups in total. The molecule has 0 aliphatic rings. The number of rotatable bonds is 5. The van der Waals surface area contributed by atoms with Crippen molar-refractivity contribution in [2.24, 2.45) is 0 Å². The van der Waals surface area contributed by atoms with Crippen LogP contribution in [0, 0.1) is 6.92 Å². The Balaban J connectivity index is 2.31. The van der Waals surface area contributed by atoms with Crippen LogP contribution >= 0.6 is 11.3 Å². The van der Waals surface area contributed by atoms with Gasteiger partial charge in [-0.1, -0.05) is 18.2 Å². The van der Waals surface area contributed by atoms with E-state index in [0.29, 0.717) is 26.6 Å². The lowest BCUT2D eigenvalue weighted by Gasteiger charge is -2.16. The number of benzene rings is 1. The maximum Gasteiger partial charge on any atom is 0.348 e. The van der Waals surface area contributed by atoms with Crippen LogP contribution in [0.15, 0.2) is 35.1 Å². The zero-order chi connectivity index (χ0) is 18.8. The van der Waals surface area contributed by atoms with Crippen LogP contribution in [0.2, 0.25) is 0 Å². The number of aryl methyl sites for hydroxylation is 1. The fraction of sp³-hybridized carbons (Fsp3) is 0.316. The molecule has 1 aromatic carbocycles. The Morgan fingerprint density at radius 1 is 1.31 bits per heavy atom. The Bertz CT molecular complexity index is 1010. The second kappa shape index (κ2) is 7.29. The van der Waals surface area contributed by atoms with Gasteiger partial charge in [-0.2, -0.15) is 0 Å². The Hall–Kier alpha value is -2.67. The summed E-state index contributed by atoms with van der Waals surface area (Å²) < 4.78 is 6.66. The molecule has 0 saturated carbocycles. The molecular formula is C19H21N3O3S. The van der Waals surface area contributed by atoms with Crippen LogP contribution in [-0.4, -0.2) is 28.2 Å². The summed E-state index contributed by atoms with van der Waals surface area (Å²) in [4.78, 5) is 31.1. The highest BCUT2D eigenvalue weighted by Crippen LogP contribution is 2.29. The lowest BCUT2D eigenvalue weighted by Crippen LogP contribution is -2.26. The number of fused-ring (bicyclic) bond motifs is 1. The average Bonchev–Trinajstić information content (AvgIpc) is 2.92. The summed E-state index contributed by atoms with van der Waals surface area (Å²) in [6.45, 7) is 7.77. The number of esters is 1. The molecule has 0 radical (unpaired) electrons. The Morgan fingerprint density at radius 3 is 2.62 bits per heavy atom. The largest absolute Gasteiger partial charge is 0.462 e. The maximum absolute atomic E-state index is 13.3. The van der Waals surface area contributed by atoms with Crippen molar-refractivity contribution >= 4 is 33.5 Å². The maximum atomic E-state index is 13.3. The molecule has 0 aliphatic heterocycles. The van der Waals surface area contributed by atoms with E-state index in [9.17, 15) is 9.59 Å². The van der Waals surface area contributed by atoms with Gasteiger partial charge in [0.05, 0.1) is 17.7 Å². The smallest absolute Gasteiger partial charge is 0.348 e. The van der Waals surface area contributed by atoms with Crippen molar-refractivity contribution in [1.29, 1.82) is 0 Å². The highest BCUT2D eigenvalue weighted by molar-refractivity contribution is 7.20. The SMILES string of the molecule is CCOC(=O)c1sc2nc(NC(C)C)n(-c3ccccc3)c(=O)c2c1C. The Kier molecular flexibility index (Phi) is 5.08. The number of hydrogen-bond acceptors (Lipinski definition) is 6. The molecule has 0 amide bonds. The summed E-state index contributed by atoms with van der Waals surface area (Å²) in [5, 5.41) is 3.69. The predicted octanol–water partition coefficient (Wildman–Crippen LogP) is 3.75. The highest BCUT2D eigenvalue weighted by Gasteiger charge is 2.23. The van der Waals surface area contributed by atoms with Crippen molar-refractivity contribution in [2.45, 2.75) is 33.7 Å². The summed E-state index contributed by atoms with van der Waals surface area (Å²) in [5.74, 6) is 0.0392. The first-order valence-electron chi connectivity index (χ1n) is 8.49. The number of carbonyl (C=O) groups is 1. The lowest BCUT2D eigenvalue weighted by molar-refractivity contribution is 0.0531. The third-order valence-corrected chi connectivity index (χ3v) is 5.02. The molecule has 136 valence electrons. The second-order valence-corrected chi connectivity index (χ2v) is 7.17. The molecule has 7 heteroatoms. The number of nitrogens with one attached hydrogen (secondary N) is 1. The average molecular weight is 371 g/mol. The number of anilines is 1. The zero-order valence-corrected chi connectivity index (χ0v) is 16.0. The van der Waals surface area contributed by atoms with Crippen LogP contribution in [0.5, 0.6) is 0 Å². The highest BCUT2D eigenvalue weighted by atomic mass is 32.1. The fourth-order valence-electron chi connectivity index (χ4n) is 2.75. The van der Waals surface area contributed by atoms with Crippen LogP contribution < -0.4 is 10.9 Å². The molecular weight excluding hydrogens is 350 g/mol. The van der Waals surface area contributed by atoms with Gasteiger partial charge in [-0.25, -0.2) is 14.3 Å². The van der Waals surface area contributed by atoms with E-state index in [1.807, 2.05) is 44.2 Å². The number of hydrogen-bond donors (Lipinski definition) is 1.